The van der Waals surface area contributed by atoms with Crippen LogP contribution in [0.2, 0.25) is 0 Å². The molecule has 0 amide bonds. The molecule has 2 heterocycles. The lowest BCUT2D eigenvalue weighted by Crippen LogP contribution is -2.45. The highest BCUT2D eigenvalue weighted by atomic mass is 32.2. The molecule has 2 spiro atoms. The summed E-state index contributed by atoms with van der Waals surface area (Å²) in [6.45, 7) is 4.67. The van der Waals surface area contributed by atoms with Gasteiger partial charge in [0, 0.05) is 31.9 Å². The third-order valence-electron chi connectivity index (χ3n) is 16.4. The van der Waals surface area contributed by atoms with E-state index >= 15 is 0 Å². The van der Waals surface area contributed by atoms with E-state index in [2.05, 4.69) is 250 Å². The van der Waals surface area contributed by atoms with Crippen molar-refractivity contribution in [3.05, 3.63) is 298 Å². The minimum Gasteiger partial charge on any atom is -0.228 e. The first kappa shape index (κ1) is 41.4. The van der Waals surface area contributed by atoms with Crippen LogP contribution in [0.15, 0.2) is 252 Å². The predicted octanol–water partition coefficient (Wildman–Crippen LogP) is 17.0. The monoisotopic (exact) mass is 934 g/mol. The molecule has 3 heteroatoms. The molecule has 4 aliphatic rings. The van der Waals surface area contributed by atoms with Gasteiger partial charge in [-0.3, -0.25) is 0 Å². The van der Waals surface area contributed by atoms with E-state index in [1.54, 1.807) is 0 Å². The van der Waals surface area contributed by atoms with Gasteiger partial charge in [-0.2, -0.15) is 0 Å². The molecule has 10 aromatic carbocycles. The van der Waals surface area contributed by atoms with Crippen molar-refractivity contribution >= 4 is 11.8 Å². The van der Waals surface area contributed by atoms with Crippen LogP contribution in [0.5, 0.6) is 0 Å². The largest absolute Gasteiger partial charge is 0.228 e. The Morgan fingerprint density at radius 1 is 0.278 bits per heavy atom. The van der Waals surface area contributed by atoms with Crippen molar-refractivity contribution in [2.24, 2.45) is 0 Å². The summed E-state index contributed by atoms with van der Waals surface area (Å²) in [5.74, 6) is 0.711. The fraction of sp³-hybridized carbons (Fsp3) is 0.0725. The highest BCUT2D eigenvalue weighted by molar-refractivity contribution is 7.99. The summed E-state index contributed by atoms with van der Waals surface area (Å²) >= 11 is 1.89. The third kappa shape index (κ3) is 5.57. The summed E-state index contributed by atoms with van der Waals surface area (Å²) in [7, 11) is 0. The Labute approximate surface area is 424 Å². The normalized spacial score (nSPS) is 15.1. The molecule has 0 atom stereocenters. The molecule has 15 rings (SSSR count). The van der Waals surface area contributed by atoms with Crippen LogP contribution < -0.4 is 0 Å². The second-order valence-corrected chi connectivity index (χ2v) is 21.4. The van der Waals surface area contributed by atoms with E-state index in [0.717, 1.165) is 33.6 Å². The molecule has 1 aromatic heterocycles. The van der Waals surface area contributed by atoms with Gasteiger partial charge < -0.3 is 0 Å². The fourth-order valence-corrected chi connectivity index (χ4v) is 14.5. The van der Waals surface area contributed by atoms with Crippen molar-refractivity contribution in [2.75, 3.05) is 0 Å². The maximum absolute atomic E-state index is 5.33. The number of hydrogen-bond acceptors (Lipinski definition) is 3. The summed E-state index contributed by atoms with van der Waals surface area (Å²) in [6.07, 6.45) is 0. The molecular formula is C69H46N2S. The van der Waals surface area contributed by atoms with Crippen LogP contribution in [-0.4, -0.2) is 9.97 Å². The maximum Gasteiger partial charge on any atom is 0.160 e. The van der Waals surface area contributed by atoms with Gasteiger partial charge in [-0.25, -0.2) is 9.97 Å². The number of benzene rings is 10. The van der Waals surface area contributed by atoms with Crippen molar-refractivity contribution in [2.45, 2.75) is 39.9 Å². The van der Waals surface area contributed by atoms with E-state index in [0.29, 0.717) is 5.82 Å². The van der Waals surface area contributed by atoms with Crippen LogP contribution in [0, 0.1) is 0 Å². The van der Waals surface area contributed by atoms with E-state index < -0.39 is 10.8 Å². The van der Waals surface area contributed by atoms with E-state index in [4.69, 9.17) is 9.97 Å². The summed E-state index contributed by atoms with van der Waals surface area (Å²) < 4.78 is 0. The summed E-state index contributed by atoms with van der Waals surface area (Å²) in [4.78, 5) is 13.2. The summed E-state index contributed by atoms with van der Waals surface area (Å²) in [6, 6.07) is 90.5. The fourth-order valence-electron chi connectivity index (χ4n) is 13.4. The maximum atomic E-state index is 5.33. The van der Waals surface area contributed by atoms with E-state index in [1.165, 1.54) is 93.2 Å². The minimum absolute atomic E-state index is 0.126. The molecule has 0 unspecified atom stereocenters. The van der Waals surface area contributed by atoms with Crippen LogP contribution in [0.1, 0.15) is 69.5 Å². The molecule has 0 saturated carbocycles. The highest BCUT2D eigenvalue weighted by Crippen LogP contribution is 2.67. The van der Waals surface area contributed by atoms with Crippen molar-refractivity contribution in [1.29, 1.82) is 0 Å². The average Bonchev–Trinajstić information content (AvgIpc) is 3.88. The molecule has 0 saturated heterocycles. The smallest absolute Gasteiger partial charge is 0.160 e. The second-order valence-electron chi connectivity index (χ2n) is 20.3. The SMILES string of the molecule is CC1(C)c2ccccc2-c2ccc(-c3cc(-c4cccc(-c5ccc6c(c5)C5(c7ccccc7S6)c6ccccc6C6(c7ccccc7-c7ccccc76)c6ccccc65)c4)nc(-c4ccccc4)n3)cc21. The number of hydrogen-bond donors (Lipinski definition) is 0. The van der Waals surface area contributed by atoms with Crippen molar-refractivity contribution < 1.29 is 0 Å². The Morgan fingerprint density at radius 3 is 1.33 bits per heavy atom. The van der Waals surface area contributed by atoms with Crippen LogP contribution in [0.25, 0.3) is 67.3 Å². The van der Waals surface area contributed by atoms with Gasteiger partial charge in [-0.1, -0.05) is 232 Å². The molecule has 72 heavy (non-hydrogen) atoms. The quantitative estimate of drug-likeness (QED) is 0.176. The lowest BCUT2D eigenvalue weighted by atomic mass is 9.51. The van der Waals surface area contributed by atoms with E-state index in [-0.39, 0.29) is 5.41 Å². The summed E-state index contributed by atoms with van der Waals surface area (Å²) in [5, 5.41) is 0. The molecule has 3 aliphatic carbocycles. The zero-order valence-electron chi connectivity index (χ0n) is 39.9. The third-order valence-corrected chi connectivity index (χ3v) is 17.6. The summed E-state index contributed by atoms with van der Waals surface area (Å²) in [5.41, 5.74) is 24.6. The first-order chi connectivity index (χ1) is 35.4. The first-order valence-electron chi connectivity index (χ1n) is 25.1. The molecule has 0 bridgehead atoms. The Balaban J connectivity index is 0.918. The van der Waals surface area contributed by atoms with Crippen LogP contribution in [-0.2, 0) is 16.2 Å². The second kappa shape index (κ2) is 15.3. The molecule has 11 aromatic rings. The number of fused-ring (bicyclic) bond motifs is 18. The van der Waals surface area contributed by atoms with Gasteiger partial charge >= 0.3 is 0 Å². The topological polar surface area (TPSA) is 25.8 Å². The van der Waals surface area contributed by atoms with Gasteiger partial charge in [0.2, 0.25) is 0 Å². The van der Waals surface area contributed by atoms with E-state index in [9.17, 15) is 0 Å². The number of rotatable bonds is 4. The molecular weight excluding hydrogens is 889 g/mol. The van der Waals surface area contributed by atoms with Gasteiger partial charge in [0.1, 0.15) is 0 Å². The van der Waals surface area contributed by atoms with Gasteiger partial charge in [0.15, 0.2) is 5.82 Å². The van der Waals surface area contributed by atoms with Gasteiger partial charge in [0.05, 0.1) is 22.2 Å². The number of aromatic nitrogens is 2. The highest BCUT2D eigenvalue weighted by Gasteiger charge is 2.58. The van der Waals surface area contributed by atoms with Gasteiger partial charge in [-0.05, 0) is 125 Å². The standard InChI is InChI=1S/C69H46N2S/c1-67(2)52-26-9-6-23-48(52)51-37-35-47(41-60(51)67)63-42-62(70-66(71-63)43-19-4-3-5-20-43)46-22-18-21-44(39-46)45-36-38-65-61(40-45)69(59-33-16-17-34-64(59)72-65)57-31-14-12-29-55(57)68(56-30-13-15-32-58(56)69)53-27-10-7-24-49(53)50-25-8-11-28-54(50)68/h3-42H,1-2H3. The molecule has 0 fully saturated rings. The Bertz CT molecular complexity index is 3970. The Kier molecular flexibility index (Phi) is 8.81. The van der Waals surface area contributed by atoms with Crippen LogP contribution in [0.3, 0.4) is 0 Å². The first-order valence-corrected chi connectivity index (χ1v) is 25.9. The van der Waals surface area contributed by atoms with Crippen molar-refractivity contribution in [1.82, 2.24) is 9.97 Å². The predicted molar refractivity (Wildman–Crippen MR) is 295 cm³/mol. The number of nitrogens with zero attached hydrogens (tertiary/aromatic N) is 2. The van der Waals surface area contributed by atoms with Crippen molar-refractivity contribution in [3.63, 3.8) is 0 Å². The molecule has 338 valence electrons. The lowest BCUT2D eigenvalue weighted by molar-refractivity contribution is 0.606. The van der Waals surface area contributed by atoms with Gasteiger partial charge in [-0.15, -0.1) is 0 Å². The average molecular weight is 935 g/mol. The van der Waals surface area contributed by atoms with Crippen molar-refractivity contribution in [3.8, 4) is 67.3 Å². The molecule has 2 nitrogen and oxygen atoms in total. The molecule has 0 N–H and O–H groups in total. The van der Waals surface area contributed by atoms with Gasteiger partial charge in [0.25, 0.3) is 0 Å². The zero-order valence-corrected chi connectivity index (χ0v) is 40.7. The van der Waals surface area contributed by atoms with Crippen LogP contribution >= 0.6 is 11.8 Å². The van der Waals surface area contributed by atoms with Crippen LogP contribution in [0.4, 0.5) is 0 Å². The zero-order chi connectivity index (χ0) is 47.8. The minimum atomic E-state index is -0.604. The Morgan fingerprint density at radius 2 is 0.694 bits per heavy atom. The molecule has 1 aliphatic heterocycles. The lowest BCUT2D eigenvalue weighted by Gasteiger charge is -2.51. The Hall–Kier alpha value is -8.37. The van der Waals surface area contributed by atoms with E-state index in [1.807, 2.05) is 17.8 Å². The molecule has 0 radical (unpaired) electrons.